The Hall–Kier alpha value is -2.87. The van der Waals surface area contributed by atoms with E-state index < -0.39 is 5.41 Å². The smallest absolute Gasteiger partial charge is 0.239 e. The van der Waals surface area contributed by atoms with Gasteiger partial charge < -0.3 is 5.32 Å². The van der Waals surface area contributed by atoms with Gasteiger partial charge in [0.2, 0.25) is 5.91 Å². The van der Waals surface area contributed by atoms with Gasteiger partial charge in [0, 0.05) is 6.04 Å². The topological polar surface area (TPSA) is 29.1 Å². The van der Waals surface area contributed by atoms with E-state index >= 15 is 0 Å². The number of nitrogens with one attached hydrogen (secondary N) is 1. The van der Waals surface area contributed by atoms with E-state index in [4.69, 9.17) is 0 Å². The maximum atomic E-state index is 14.5. The fraction of sp³-hybridized carbons (Fsp3) is 0.367. The van der Waals surface area contributed by atoms with Crippen molar-refractivity contribution in [2.45, 2.75) is 43.6 Å². The molecule has 0 atom stereocenters. The van der Waals surface area contributed by atoms with Crippen LogP contribution in [0.2, 0.25) is 0 Å². The predicted molar refractivity (Wildman–Crippen MR) is 128 cm³/mol. The number of carbonyl (C=O) groups is 1. The summed E-state index contributed by atoms with van der Waals surface area (Å²) in [5.74, 6) is 3.21. The molecule has 3 aromatic rings. The molecule has 4 bridgehead atoms. The van der Waals surface area contributed by atoms with E-state index in [9.17, 15) is 4.79 Å². The van der Waals surface area contributed by atoms with Crippen LogP contribution in [0, 0.1) is 23.7 Å². The van der Waals surface area contributed by atoms with Crippen LogP contribution in [0.15, 0.2) is 91.0 Å². The molecule has 3 aromatic carbocycles. The van der Waals surface area contributed by atoms with Gasteiger partial charge in [0.1, 0.15) is 5.41 Å². The second-order valence-electron chi connectivity index (χ2n) is 10.3. The second-order valence-corrected chi connectivity index (χ2v) is 10.3. The molecule has 0 saturated heterocycles. The number of carbonyl (C=O) groups excluding carboxylic acids is 1. The molecule has 0 aromatic heterocycles. The Morgan fingerprint density at radius 2 is 0.969 bits per heavy atom. The zero-order chi connectivity index (χ0) is 21.5. The normalized spacial score (nSPS) is 28.4. The Bertz CT molecular complexity index is 951. The number of hydrogen-bond donors (Lipinski definition) is 1. The molecule has 0 aliphatic heterocycles. The summed E-state index contributed by atoms with van der Waals surface area (Å²) in [6, 6.07) is 31.3. The van der Waals surface area contributed by atoms with Crippen LogP contribution in [0.3, 0.4) is 0 Å². The third-order valence-electron chi connectivity index (χ3n) is 8.49. The molecule has 0 heterocycles. The molecule has 32 heavy (non-hydrogen) atoms. The van der Waals surface area contributed by atoms with Crippen LogP contribution in [0.5, 0.6) is 0 Å². The lowest BCUT2D eigenvalue weighted by Gasteiger charge is -2.55. The Morgan fingerprint density at radius 3 is 1.34 bits per heavy atom. The van der Waals surface area contributed by atoms with Gasteiger partial charge in [-0.05, 0) is 72.5 Å². The molecule has 2 heteroatoms. The quantitative estimate of drug-likeness (QED) is 0.506. The summed E-state index contributed by atoms with van der Waals surface area (Å²) >= 11 is 0. The molecule has 7 rings (SSSR count). The SMILES string of the molecule is O=C(NC1C2CC3CC(C2)CC1C3)C(c1ccccc1)(c1ccccc1)c1ccccc1. The highest BCUT2D eigenvalue weighted by Crippen LogP contribution is 2.54. The van der Waals surface area contributed by atoms with Crippen molar-refractivity contribution in [1.82, 2.24) is 5.32 Å². The first-order chi connectivity index (χ1) is 15.7. The minimum absolute atomic E-state index is 0.124. The first kappa shape index (κ1) is 19.8. The first-order valence-corrected chi connectivity index (χ1v) is 12.2. The van der Waals surface area contributed by atoms with Crippen LogP contribution in [0.4, 0.5) is 0 Å². The molecule has 1 amide bonds. The second kappa shape index (κ2) is 7.92. The van der Waals surface area contributed by atoms with Crippen molar-refractivity contribution >= 4 is 5.91 Å². The first-order valence-electron chi connectivity index (χ1n) is 12.2. The van der Waals surface area contributed by atoms with Gasteiger partial charge in [-0.1, -0.05) is 91.0 Å². The van der Waals surface area contributed by atoms with E-state index in [0.29, 0.717) is 17.9 Å². The minimum Gasteiger partial charge on any atom is -0.351 e. The van der Waals surface area contributed by atoms with Crippen LogP contribution in [0.1, 0.15) is 48.8 Å². The molecular weight excluding hydrogens is 390 g/mol. The lowest BCUT2D eigenvalue weighted by atomic mass is 9.54. The number of amides is 1. The molecule has 0 unspecified atom stereocenters. The van der Waals surface area contributed by atoms with Gasteiger partial charge in [-0.2, -0.15) is 0 Å². The minimum atomic E-state index is -0.863. The molecule has 4 fully saturated rings. The van der Waals surface area contributed by atoms with Gasteiger partial charge in [-0.25, -0.2) is 0 Å². The van der Waals surface area contributed by atoms with E-state index in [2.05, 4.69) is 41.7 Å². The van der Waals surface area contributed by atoms with Crippen molar-refractivity contribution in [2.24, 2.45) is 23.7 Å². The van der Waals surface area contributed by atoms with Gasteiger partial charge in [-0.3, -0.25) is 4.79 Å². The van der Waals surface area contributed by atoms with Crippen molar-refractivity contribution in [3.05, 3.63) is 108 Å². The highest BCUT2D eigenvalue weighted by Gasteiger charge is 2.51. The lowest BCUT2D eigenvalue weighted by molar-refractivity contribution is -0.128. The van der Waals surface area contributed by atoms with E-state index in [-0.39, 0.29) is 5.91 Å². The largest absolute Gasteiger partial charge is 0.351 e. The molecule has 1 N–H and O–H groups in total. The molecule has 0 radical (unpaired) electrons. The summed E-state index contributed by atoms with van der Waals surface area (Å²) in [6.45, 7) is 0. The van der Waals surface area contributed by atoms with E-state index in [1.807, 2.05) is 54.6 Å². The summed E-state index contributed by atoms with van der Waals surface area (Å²) < 4.78 is 0. The van der Waals surface area contributed by atoms with Crippen LogP contribution in [-0.2, 0) is 10.2 Å². The van der Waals surface area contributed by atoms with Gasteiger partial charge in [0.25, 0.3) is 0 Å². The highest BCUT2D eigenvalue weighted by molar-refractivity contribution is 5.96. The summed E-state index contributed by atoms with van der Waals surface area (Å²) in [4.78, 5) is 14.5. The maximum Gasteiger partial charge on any atom is 0.239 e. The van der Waals surface area contributed by atoms with Crippen LogP contribution in [-0.4, -0.2) is 11.9 Å². The average Bonchev–Trinajstić information content (AvgIpc) is 2.84. The summed E-state index contributed by atoms with van der Waals surface area (Å²) in [5, 5.41) is 3.66. The number of benzene rings is 3. The molecule has 0 spiro atoms. The average molecular weight is 422 g/mol. The van der Waals surface area contributed by atoms with Crippen molar-refractivity contribution in [3.8, 4) is 0 Å². The highest BCUT2D eigenvalue weighted by atomic mass is 16.2. The standard InChI is InChI=1S/C30H31NO/c32-29(31-28-23-17-21-16-22(19-23)20-24(28)18-21)30(25-10-4-1-5-11-25,26-12-6-2-7-13-26)27-14-8-3-9-15-27/h1-15,21-24,28H,16-20H2,(H,31,32). The van der Waals surface area contributed by atoms with Crippen LogP contribution in [0.25, 0.3) is 0 Å². The fourth-order valence-corrected chi connectivity index (χ4v) is 7.38. The number of hydrogen-bond acceptors (Lipinski definition) is 1. The monoisotopic (exact) mass is 421 g/mol. The van der Waals surface area contributed by atoms with Crippen molar-refractivity contribution in [2.75, 3.05) is 0 Å². The molecule has 162 valence electrons. The van der Waals surface area contributed by atoms with Crippen LogP contribution < -0.4 is 5.32 Å². The summed E-state index contributed by atoms with van der Waals surface area (Å²) in [7, 11) is 0. The zero-order valence-corrected chi connectivity index (χ0v) is 18.5. The van der Waals surface area contributed by atoms with Gasteiger partial charge in [0.15, 0.2) is 0 Å². The molecular formula is C30H31NO. The third kappa shape index (κ3) is 3.11. The van der Waals surface area contributed by atoms with E-state index in [0.717, 1.165) is 28.5 Å². The Kier molecular flexibility index (Phi) is 4.90. The summed E-state index contributed by atoms with van der Waals surface area (Å²) in [6.07, 6.45) is 6.62. The van der Waals surface area contributed by atoms with Crippen molar-refractivity contribution in [3.63, 3.8) is 0 Å². The van der Waals surface area contributed by atoms with E-state index in [1.165, 1.54) is 32.1 Å². The molecule has 4 aliphatic carbocycles. The maximum absolute atomic E-state index is 14.5. The van der Waals surface area contributed by atoms with Gasteiger partial charge >= 0.3 is 0 Å². The molecule has 4 aliphatic rings. The lowest BCUT2D eigenvalue weighted by Crippen LogP contribution is -2.59. The molecule has 4 saturated carbocycles. The van der Waals surface area contributed by atoms with Gasteiger partial charge in [0.05, 0.1) is 0 Å². The Balaban J connectivity index is 1.47. The zero-order valence-electron chi connectivity index (χ0n) is 18.5. The van der Waals surface area contributed by atoms with Crippen molar-refractivity contribution < 1.29 is 4.79 Å². The number of rotatable bonds is 5. The summed E-state index contributed by atoms with van der Waals surface area (Å²) in [5.41, 5.74) is 2.22. The van der Waals surface area contributed by atoms with E-state index in [1.54, 1.807) is 0 Å². The van der Waals surface area contributed by atoms with Crippen molar-refractivity contribution in [1.29, 1.82) is 0 Å². The fourth-order valence-electron chi connectivity index (χ4n) is 7.38. The Labute approximate surface area is 191 Å². The predicted octanol–water partition coefficient (Wildman–Crippen LogP) is 5.96. The van der Waals surface area contributed by atoms with Gasteiger partial charge in [-0.15, -0.1) is 0 Å². The third-order valence-corrected chi connectivity index (χ3v) is 8.49. The van der Waals surface area contributed by atoms with Crippen LogP contribution >= 0.6 is 0 Å². The molecule has 2 nitrogen and oxygen atoms in total. The Morgan fingerprint density at radius 1 is 0.594 bits per heavy atom.